The Morgan fingerprint density at radius 2 is 2.29 bits per heavy atom. The molecule has 0 radical (unpaired) electrons. The van der Waals surface area contributed by atoms with E-state index >= 15 is 0 Å². The number of hydrogen-bond donors (Lipinski definition) is 0. The molecule has 1 heterocycles. The second-order valence-electron chi connectivity index (χ2n) is 2.75. The van der Waals surface area contributed by atoms with Gasteiger partial charge in [0, 0.05) is 0 Å². The van der Waals surface area contributed by atoms with Gasteiger partial charge in [0.1, 0.15) is 10.3 Å². The Hall–Kier alpha value is -1.02. The smallest absolute Gasteiger partial charge is 0.240 e. The highest BCUT2D eigenvalue weighted by atomic mass is 79.9. The number of aromatic nitrogens is 1. The zero-order valence-corrected chi connectivity index (χ0v) is 8.98. The largest absolute Gasteiger partial charge is 0.280 e. The standard InChI is InChI=1S/C9H7BrF2N2/c1-5-6(2-3-13)4-7(10)14-8(5)9(11)12/h4,9H,2H2,1H3. The molecule has 1 aromatic heterocycles. The van der Waals surface area contributed by atoms with Gasteiger partial charge in [0.2, 0.25) is 0 Å². The van der Waals surface area contributed by atoms with Gasteiger partial charge in [0.25, 0.3) is 6.43 Å². The summed E-state index contributed by atoms with van der Waals surface area (Å²) in [4.78, 5) is 3.67. The molecule has 2 nitrogen and oxygen atoms in total. The van der Waals surface area contributed by atoms with Crippen LogP contribution in [-0.4, -0.2) is 4.98 Å². The van der Waals surface area contributed by atoms with Crippen molar-refractivity contribution in [3.63, 3.8) is 0 Å². The fourth-order valence-corrected chi connectivity index (χ4v) is 1.60. The quantitative estimate of drug-likeness (QED) is 0.766. The number of nitriles is 1. The third kappa shape index (κ3) is 2.26. The van der Waals surface area contributed by atoms with Crippen LogP contribution in [0.25, 0.3) is 0 Å². The lowest BCUT2D eigenvalue weighted by atomic mass is 10.1. The average Bonchev–Trinajstić information content (AvgIpc) is 2.10. The Morgan fingerprint density at radius 3 is 2.79 bits per heavy atom. The second-order valence-corrected chi connectivity index (χ2v) is 3.56. The van der Waals surface area contributed by atoms with E-state index in [1.807, 2.05) is 6.07 Å². The SMILES string of the molecule is Cc1c(CC#N)cc(Br)nc1C(F)F. The lowest BCUT2D eigenvalue weighted by Gasteiger charge is -2.08. The van der Waals surface area contributed by atoms with Crippen LogP contribution in [0.1, 0.15) is 23.2 Å². The van der Waals surface area contributed by atoms with Gasteiger partial charge in [-0.1, -0.05) is 0 Å². The minimum Gasteiger partial charge on any atom is -0.240 e. The third-order valence-corrected chi connectivity index (χ3v) is 2.27. The number of hydrogen-bond acceptors (Lipinski definition) is 2. The minimum absolute atomic E-state index is 0.118. The van der Waals surface area contributed by atoms with Crippen LogP contribution in [0.5, 0.6) is 0 Å². The number of nitrogens with zero attached hydrogens (tertiary/aromatic N) is 2. The molecule has 0 aliphatic rings. The fourth-order valence-electron chi connectivity index (χ4n) is 1.13. The van der Waals surface area contributed by atoms with Crippen molar-refractivity contribution in [2.75, 3.05) is 0 Å². The Balaban J connectivity index is 3.26. The Morgan fingerprint density at radius 1 is 1.64 bits per heavy atom. The van der Waals surface area contributed by atoms with Gasteiger partial charge in [-0.05, 0) is 40.0 Å². The van der Waals surface area contributed by atoms with Crippen molar-refractivity contribution in [2.24, 2.45) is 0 Å². The van der Waals surface area contributed by atoms with Gasteiger partial charge in [-0.15, -0.1) is 0 Å². The van der Waals surface area contributed by atoms with Gasteiger partial charge in [0.15, 0.2) is 0 Å². The molecule has 0 amide bonds. The van der Waals surface area contributed by atoms with Gasteiger partial charge in [-0.25, -0.2) is 13.8 Å². The van der Waals surface area contributed by atoms with Gasteiger partial charge >= 0.3 is 0 Å². The van der Waals surface area contributed by atoms with Crippen LogP contribution in [0.15, 0.2) is 10.7 Å². The highest BCUT2D eigenvalue weighted by molar-refractivity contribution is 9.10. The predicted octanol–water partition coefficient (Wildman–Crippen LogP) is 3.16. The van der Waals surface area contributed by atoms with E-state index in [9.17, 15) is 8.78 Å². The van der Waals surface area contributed by atoms with E-state index in [2.05, 4.69) is 20.9 Å². The first-order valence-electron chi connectivity index (χ1n) is 3.87. The van der Waals surface area contributed by atoms with Crippen LogP contribution in [-0.2, 0) is 6.42 Å². The molecule has 0 saturated heterocycles. The summed E-state index contributed by atoms with van der Waals surface area (Å²) in [6.07, 6.45) is -2.49. The topological polar surface area (TPSA) is 36.7 Å². The summed E-state index contributed by atoms with van der Waals surface area (Å²) in [6, 6.07) is 3.51. The molecule has 0 unspecified atom stereocenters. The maximum absolute atomic E-state index is 12.5. The summed E-state index contributed by atoms with van der Waals surface area (Å²) in [6.45, 7) is 1.55. The van der Waals surface area contributed by atoms with Crippen molar-refractivity contribution in [2.45, 2.75) is 19.8 Å². The fraction of sp³-hybridized carbons (Fsp3) is 0.333. The van der Waals surface area contributed by atoms with Gasteiger partial charge < -0.3 is 0 Å². The highest BCUT2D eigenvalue weighted by Gasteiger charge is 2.15. The molecular formula is C9H7BrF2N2. The number of rotatable bonds is 2. The summed E-state index contributed by atoms with van der Waals surface area (Å²) in [7, 11) is 0. The first-order valence-corrected chi connectivity index (χ1v) is 4.66. The maximum Gasteiger partial charge on any atom is 0.280 e. The van der Waals surface area contributed by atoms with Crippen molar-refractivity contribution >= 4 is 15.9 Å². The first-order chi connectivity index (χ1) is 6.56. The average molecular weight is 261 g/mol. The monoisotopic (exact) mass is 260 g/mol. The van der Waals surface area contributed by atoms with Crippen LogP contribution in [0.3, 0.4) is 0 Å². The summed E-state index contributed by atoms with van der Waals surface area (Å²) < 4.78 is 25.3. The zero-order valence-electron chi connectivity index (χ0n) is 7.39. The normalized spacial score (nSPS) is 10.3. The van der Waals surface area contributed by atoms with E-state index in [0.29, 0.717) is 15.7 Å². The Bertz CT molecular complexity index is 385. The van der Waals surface area contributed by atoms with Gasteiger partial charge in [-0.2, -0.15) is 5.26 Å². The molecule has 0 bridgehead atoms. The number of halogens is 3. The molecule has 1 rings (SSSR count). The molecule has 74 valence electrons. The Labute approximate surface area is 88.7 Å². The molecule has 0 aliphatic heterocycles. The van der Waals surface area contributed by atoms with Crippen molar-refractivity contribution in [1.82, 2.24) is 4.98 Å². The second kappa shape index (κ2) is 4.47. The van der Waals surface area contributed by atoms with E-state index in [-0.39, 0.29) is 12.1 Å². The molecule has 0 aromatic carbocycles. The Kier molecular flexibility index (Phi) is 3.53. The van der Waals surface area contributed by atoms with E-state index in [1.165, 1.54) is 0 Å². The summed E-state index contributed by atoms with van der Waals surface area (Å²) >= 11 is 3.03. The lowest BCUT2D eigenvalue weighted by Crippen LogP contribution is -2.00. The molecular weight excluding hydrogens is 254 g/mol. The molecule has 0 spiro atoms. The molecule has 5 heteroatoms. The van der Waals surface area contributed by atoms with Crippen LogP contribution in [0, 0.1) is 18.3 Å². The van der Waals surface area contributed by atoms with E-state index in [0.717, 1.165) is 0 Å². The molecule has 0 saturated carbocycles. The maximum atomic E-state index is 12.5. The molecule has 0 N–H and O–H groups in total. The molecule has 0 atom stereocenters. The first kappa shape index (κ1) is 11.1. The predicted molar refractivity (Wildman–Crippen MR) is 50.9 cm³/mol. The van der Waals surface area contributed by atoms with Crippen molar-refractivity contribution in [3.05, 3.63) is 27.5 Å². The summed E-state index contributed by atoms with van der Waals surface area (Å²) in [5.41, 5.74) is 0.721. The van der Waals surface area contributed by atoms with E-state index in [4.69, 9.17) is 5.26 Å². The van der Waals surface area contributed by atoms with Crippen molar-refractivity contribution in [3.8, 4) is 6.07 Å². The van der Waals surface area contributed by atoms with Gasteiger partial charge in [-0.3, -0.25) is 0 Å². The van der Waals surface area contributed by atoms with Crippen molar-refractivity contribution < 1.29 is 8.78 Å². The van der Waals surface area contributed by atoms with Crippen LogP contribution < -0.4 is 0 Å². The molecule has 0 aliphatic carbocycles. The number of alkyl halides is 2. The van der Waals surface area contributed by atoms with E-state index < -0.39 is 6.43 Å². The zero-order chi connectivity index (χ0) is 10.7. The van der Waals surface area contributed by atoms with Crippen LogP contribution in [0.2, 0.25) is 0 Å². The van der Waals surface area contributed by atoms with Crippen LogP contribution >= 0.6 is 15.9 Å². The minimum atomic E-state index is -2.61. The van der Waals surface area contributed by atoms with Crippen LogP contribution in [0.4, 0.5) is 8.78 Å². The highest BCUT2D eigenvalue weighted by Crippen LogP contribution is 2.25. The summed E-state index contributed by atoms with van der Waals surface area (Å²) in [5, 5.41) is 8.49. The van der Waals surface area contributed by atoms with Crippen molar-refractivity contribution in [1.29, 1.82) is 5.26 Å². The molecule has 0 fully saturated rings. The molecule has 1 aromatic rings. The number of pyridine rings is 1. The third-order valence-electron chi connectivity index (χ3n) is 1.86. The van der Waals surface area contributed by atoms with Gasteiger partial charge in [0.05, 0.1) is 12.5 Å². The van der Waals surface area contributed by atoms with E-state index in [1.54, 1.807) is 13.0 Å². The lowest BCUT2D eigenvalue weighted by molar-refractivity contribution is 0.145. The molecule has 14 heavy (non-hydrogen) atoms. The summed E-state index contributed by atoms with van der Waals surface area (Å²) in [5.74, 6) is 0.